The van der Waals surface area contributed by atoms with Crippen LogP contribution in [-0.2, 0) is 9.53 Å². The van der Waals surface area contributed by atoms with E-state index in [9.17, 15) is 9.90 Å². The zero-order valence-electron chi connectivity index (χ0n) is 17.9. The number of allylic oxidation sites excluding steroid dienone is 2. The van der Waals surface area contributed by atoms with Crippen LogP contribution in [-0.4, -0.2) is 29.5 Å². The third kappa shape index (κ3) is 2.73. The van der Waals surface area contributed by atoms with Gasteiger partial charge in [0.1, 0.15) is 12.3 Å². The summed E-state index contributed by atoms with van der Waals surface area (Å²) in [5.74, 6) is 0.721. The van der Waals surface area contributed by atoms with E-state index in [1.54, 1.807) is 0 Å². The molecular formula is C24H37FO3. The molecule has 3 saturated carbocycles. The summed E-state index contributed by atoms with van der Waals surface area (Å²) >= 11 is 0. The first kappa shape index (κ1) is 20.4. The molecule has 4 heteroatoms. The van der Waals surface area contributed by atoms with Gasteiger partial charge in [0.05, 0.1) is 6.10 Å². The highest BCUT2D eigenvalue weighted by atomic mass is 19.1. The number of rotatable bonds is 3. The van der Waals surface area contributed by atoms with Gasteiger partial charge >= 0.3 is 5.97 Å². The van der Waals surface area contributed by atoms with Crippen molar-refractivity contribution in [1.82, 2.24) is 0 Å². The first-order valence-corrected chi connectivity index (χ1v) is 11.5. The predicted octanol–water partition coefficient (Wildman–Crippen LogP) is 5.07. The summed E-state index contributed by atoms with van der Waals surface area (Å²) in [4.78, 5) is 12.1. The van der Waals surface area contributed by atoms with Gasteiger partial charge in [-0.2, -0.15) is 0 Å². The van der Waals surface area contributed by atoms with Crippen molar-refractivity contribution >= 4 is 5.97 Å². The molecule has 0 amide bonds. The first-order valence-electron chi connectivity index (χ1n) is 11.5. The van der Waals surface area contributed by atoms with E-state index in [4.69, 9.17) is 4.74 Å². The Balaban J connectivity index is 1.73. The highest BCUT2D eigenvalue weighted by Crippen LogP contribution is 2.67. The molecule has 1 unspecified atom stereocenters. The van der Waals surface area contributed by atoms with Gasteiger partial charge < -0.3 is 9.84 Å². The molecule has 1 N–H and O–H groups in total. The van der Waals surface area contributed by atoms with E-state index in [2.05, 4.69) is 32.9 Å². The summed E-state index contributed by atoms with van der Waals surface area (Å²) in [5, 5.41) is 11.4. The van der Waals surface area contributed by atoms with Crippen LogP contribution in [0.15, 0.2) is 12.2 Å². The van der Waals surface area contributed by atoms with Crippen LogP contribution in [0.1, 0.15) is 72.6 Å². The van der Waals surface area contributed by atoms with Crippen LogP contribution in [0, 0.1) is 40.4 Å². The Labute approximate surface area is 169 Å². The van der Waals surface area contributed by atoms with Gasteiger partial charge in [-0.1, -0.05) is 39.8 Å². The van der Waals surface area contributed by atoms with Crippen molar-refractivity contribution < 1.29 is 19.0 Å². The van der Waals surface area contributed by atoms with Crippen molar-refractivity contribution in [1.29, 1.82) is 0 Å². The molecule has 28 heavy (non-hydrogen) atoms. The van der Waals surface area contributed by atoms with Crippen LogP contribution < -0.4 is 0 Å². The normalized spacial score (nSPS) is 52.5. The molecule has 0 aromatic rings. The summed E-state index contributed by atoms with van der Waals surface area (Å²) in [6, 6.07) is 0. The van der Waals surface area contributed by atoms with Crippen molar-refractivity contribution in [2.75, 3.05) is 0 Å². The van der Waals surface area contributed by atoms with E-state index in [-0.39, 0.29) is 46.6 Å². The number of hydrogen-bond acceptors (Lipinski definition) is 3. The quantitative estimate of drug-likeness (QED) is 0.539. The minimum absolute atomic E-state index is 0.0232. The van der Waals surface area contributed by atoms with E-state index in [1.807, 2.05) is 6.92 Å². The van der Waals surface area contributed by atoms with Gasteiger partial charge in [0, 0.05) is 11.8 Å². The average molecular weight is 393 g/mol. The molecule has 0 radical (unpaired) electrons. The van der Waals surface area contributed by atoms with E-state index in [1.165, 1.54) is 0 Å². The monoisotopic (exact) mass is 392 g/mol. The fourth-order valence-electron chi connectivity index (χ4n) is 8.11. The van der Waals surface area contributed by atoms with Gasteiger partial charge in [-0.05, 0) is 73.5 Å². The van der Waals surface area contributed by atoms with Crippen LogP contribution in [0.25, 0.3) is 0 Å². The molecule has 0 aromatic carbocycles. The van der Waals surface area contributed by atoms with E-state index in [0.717, 1.165) is 25.7 Å². The summed E-state index contributed by atoms with van der Waals surface area (Å²) in [7, 11) is 0. The smallest absolute Gasteiger partial charge is 0.305 e. The Kier molecular flexibility index (Phi) is 5.17. The topological polar surface area (TPSA) is 46.5 Å². The number of esters is 1. The summed E-state index contributed by atoms with van der Waals surface area (Å²) in [6.45, 7) is 8.35. The number of aliphatic hydroxyl groups excluding tert-OH is 1. The molecular weight excluding hydrogens is 355 g/mol. The second-order valence-electron chi connectivity index (χ2n) is 10.3. The van der Waals surface area contributed by atoms with Crippen LogP contribution in [0.3, 0.4) is 0 Å². The zero-order valence-corrected chi connectivity index (χ0v) is 17.9. The molecule has 0 saturated heterocycles. The number of fused-ring (bicyclic) bond motifs is 5. The van der Waals surface area contributed by atoms with Crippen LogP contribution in [0.2, 0.25) is 0 Å². The lowest BCUT2D eigenvalue weighted by atomic mass is 9.44. The Morgan fingerprint density at radius 1 is 1.29 bits per heavy atom. The number of ether oxygens (including phenoxy) is 1. The maximum Gasteiger partial charge on any atom is 0.305 e. The molecule has 0 bridgehead atoms. The van der Waals surface area contributed by atoms with Gasteiger partial charge in [0.25, 0.3) is 0 Å². The lowest BCUT2D eigenvalue weighted by Crippen LogP contribution is -2.61. The Morgan fingerprint density at radius 2 is 2.04 bits per heavy atom. The zero-order chi connectivity index (χ0) is 20.3. The SMILES string of the molecule is CCC(=O)O[C@@H]1[C@@H](C)C[C@H]2[C@@H]3C[C@H](F)C4CCC=C[C@]4(C)[C@H]3[C@@H](O)C[C@]12CC. The van der Waals surface area contributed by atoms with E-state index in [0.29, 0.717) is 25.2 Å². The average Bonchev–Trinajstić information content (AvgIpc) is 2.93. The minimum atomic E-state index is -0.802. The summed E-state index contributed by atoms with van der Waals surface area (Å²) in [6.07, 6.45) is 8.29. The number of aliphatic hydroxyl groups is 1. The van der Waals surface area contributed by atoms with Crippen molar-refractivity contribution in [2.45, 2.75) is 91.0 Å². The Bertz CT molecular complexity index is 648. The lowest BCUT2D eigenvalue weighted by Gasteiger charge is -2.61. The molecule has 0 aromatic heterocycles. The second kappa shape index (κ2) is 7.11. The number of carbonyl (C=O) groups excluding carboxylic acids is 1. The molecule has 3 fully saturated rings. The largest absolute Gasteiger partial charge is 0.461 e. The molecule has 0 heterocycles. The third-order valence-electron chi connectivity index (χ3n) is 9.21. The molecule has 4 aliphatic rings. The first-order chi connectivity index (χ1) is 13.3. The highest BCUT2D eigenvalue weighted by molar-refractivity contribution is 5.69. The van der Waals surface area contributed by atoms with Gasteiger partial charge in [-0.3, -0.25) is 4.79 Å². The van der Waals surface area contributed by atoms with E-state index >= 15 is 4.39 Å². The number of alkyl halides is 1. The van der Waals surface area contributed by atoms with Gasteiger partial charge in [0.2, 0.25) is 0 Å². The van der Waals surface area contributed by atoms with E-state index < -0.39 is 12.3 Å². The van der Waals surface area contributed by atoms with Crippen LogP contribution >= 0.6 is 0 Å². The summed E-state index contributed by atoms with van der Waals surface area (Å²) in [5.41, 5.74) is -0.479. The number of halogens is 1. The Morgan fingerprint density at radius 3 is 2.71 bits per heavy atom. The van der Waals surface area contributed by atoms with Crippen molar-refractivity contribution in [3.8, 4) is 0 Å². The second-order valence-corrected chi connectivity index (χ2v) is 10.3. The van der Waals surface area contributed by atoms with Crippen molar-refractivity contribution in [3.63, 3.8) is 0 Å². The molecule has 10 atom stereocenters. The number of hydrogen-bond donors (Lipinski definition) is 1. The van der Waals surface area contributed by atoms with Gasteiger partial charge in [0.15, 0.2) is 0 Å². The minimum Gasteiger partial charge on any atom is -0.461 e. The molecule has 4 rings (SSSR count). The number of carbonyl (C=O) groups is 1. The molecule has 158 valence electrons. The van der Waals surface area contributed by atoms with Crippen molar-refractivity contribution in [2.24, 2.45) is 40.4 Å². The van der Waals surface area contributed by atoms with Gasteiger partial charge in [-0.15, -0.1) is 0 Å². The highest BCUT2D eigenvalue weighted by Gasteiger charge is 2.67. The van der Waals surface area contributed by atoms with Crippen LogP contribution in [0.5, 0.6) is 0 Å². The fourth-order valence-corrected chi connectivity index (χ4v) is 8.11. The Hall–Kier alpha value is -0.900. The lowest BCUT2D eigenvalue weighted by molar-refractivity contribution is -0.190. The standard InChI is InChI=1S/C24H37FO3/c1-5-20(27)28-22-14(3)11-17-15-12-18(25)16-9-7-8-10-23(16,4)21(15)19(26)13-24(17,22)6-2/h8,10,14-19,21-22,26H,5-7,9,11-13H2,1-4H3/t14-,15-,16?,17-,18-,19-,21+,22+,23-,24-/m0/s1. The fraction of sp³-hybridized carbons (Fsp3) is 0.875. The predicted molar refractivity (Wildman–Crippen MR) is 107 cm³/mol. The maximum absolute atomic E-state index is 15.4. The van der Waals surface area contributed by atoms with Crippen LogP contribution in [0.4, 0.5) is 4.39 Å². The molecule has 3 nitrogen and oxygen atoms in total. The molecule has 0 spiro atoms. The third-order valence-corrected chi connectivity index (χ3v) is 9.21. The van der Waals surface area contributed by atoms with Crippen molar-refractivity contribution in [3.05, 3.63) is 12.2 Å². The summed E-state index contributed by atoms with van der Waals surface area (Å²) < 4.78 is 21.4. The van der Waals surface area contributed by atoms with Gasteiger partial charge in [-0.25, -0.2) is 4.39 Å². The maximum atomic E-state index is 15.4. The molecule has 4 aliphatic carbocycles. The molecule has 0 aliphatic heterocycles.